The van der Waals surface area contributed by atoms with E-state index in [0.717, 1.165) is 12.0 Å². The molecule has 1 aromatic rings. The fourth-order valence-electron chi connectivity index (χ4n) is 1.81. The van der Waals surface area contributed by atoms with Crippen molar-refractivity contribution in [1.82, 2.24) is 5.32 Å². The summed E-state index contributed by atoms with van der Waals surface area (Å²) in [5, 5.41) is 2.97. The van der Waals surface area contributed by atoms with Crippen molar-refractivity contribution in [3.63, 3.8) is 0 Å². The van der Waals surface area contributed by atoms with Crippen molar-refractivity contribution in [2.24, 2.45) is 11.1 Å². The molecule has 0 aliphatic carbocycles. The van der Waals surface area contributed by atoms with Crippen LogP contribution in [0.3, 0.4) is 0 Å². The van der Waals surface area contributed by atoms with Crippen LogP contribution in [0.15, 0.2) is 24.3 Å². The molecule has 19 heavy (non-hydrogen) atoms. The van der Waals surface area contributed by atoms with Crippen molar-refractivity contribution in [3.05, 3.63) is 35.4 Å². The SMILES string of the molecule is CCC(C)(CN)C(=O)NCc1ccc(C(C)C)cc1. The van der Waals surface area contributed by atoms with Crippen LogP contribution in [0.4, 0.5) is 0 Å². The highest BCUT2D eigenvalue weighted by Crippen LogP contribution is 2.19. The molecule has 0 saturated heterocycles. The monoisotopic (exact) mass is 262 g/mol. The van der Waals surface area contributed by atoms with E-state index in [1.807, 2.05) is 13.8 Å². The van der Waals surface area contributed by atoms with Crippen molar-refractivity contribution in [2.45, 2.75) is 46.6 Å². The Bertz CT molecular complexity index is 405. The first kappa shape index (κ1) is 15.7. The average molecular weight is 262 g/mol. The molecule has 3 heteroatoms. The molecular formula is C16H26N2O. The zero-order chi connectivity index (χ0) is 14.5. The first-order valence-corrected chi connectivity index (χ1v) is 7.00. The lowest BCUT2D eigenvalue weighted by molar-refractivity contribution is -0.130. The molecule has 0 saturated carbocycles. The molecular weight excluding hydrogens is 236 g/mol. The summed E-state index contributed by atoms with van der Waals surface area (Å²) in [5.74, 6) is 0.565. The first-order valence-electron chi connectivity index (χ1n) is 7.00. The number of carbonyl (C=O) groups is 1. The number of carbonyl (C=O) groups excluding carboxylic acids is 1. The van der Waals surface area contributed by atoms with E-state index in [2.05, 4.69) is 43.4 Å². The molecule has 0 spiro atoms. The fourth-order valence-corrected chi connectivity index (χ4v) is 1.81. The van der Waals surface area contributed by atoms with Gasteiger partial charge in [0.1, 0.15) is 0 Å². The summed E-state index contributed by atoms with van der Waals surface area (Å²) in [5.41, 5.74) is 7.65. The van der Waals surface area contributed by atoms with E-state index in [1.54, 1.807) is 0 Å². The standard InChI is InChI=1S/C16H26N2O/c1-5-16(4,11-17)15(19)18-10-13-6-8-14(9-7-13)12(2)3/h6-9,12H,5,10-11,17H2,1-4H3,(H,18,19). The topological polar surface area (TPSA) is 55.1 Å². The summed E-state index contributed by atoms with van der Waals surface area (Å²) in [6.07, 6.45) is 0.752. The third kappa shape index (κ3) is 4.06. The third-order valence-corrected chi connectivity index (χ3v) is 3.88. The van der Waals surface area contributed by atoms with Crippen LogP contribution < -0.4 is 11.1 Å². The van der Waals surface area contributed by atoms with E-state index >= 15 is 0 Å². The van der Waals surface area contributed by atoms with Gasteiger partial charge in [0.2, 0.25) is 5.91 Å². The van der Waals surface area contributed by atoms with Crippen LogP contribution in [0, 0.1) is 5.41 Å². The molecule has 1 rings (SSSR count). The summed E-state index contributed by atoms with van der Waals surface area (Å²) in [6.45, 7) is 9.18. The summed E-state index contributed by atoms with van der Waals surface area (Å²) < 4.78 is 0. The Morgan fingerprint density at radius 1 is 1.32 bits per heavy atom. The average Bonchev–Trinajstić information content (AvgIpc) is 2.44. The zero-order valence-electron chi connectivity index (χ0n) is 12.5. The van der Waals surface area contributed by atoms with E-state index in [4.69, 9.17) is 5.73 Å². The number of nitrogens with two attached hydrogens (primary N) is 1. The maximum atomic E-state index is 12.1. The lowest BCUT2D eigenvalue weighted by atomic mass is 9.86. The Morgan fingerprint density at radius 3 is 2.32 bits per heavy atom. The van der Waals surface area contributed by atoms with Crippen molar-refractivity contribution >= 4 is 5.91 Å². The van der Waals surface area contributed by atoms with E-state index in [0.29, 0.717) is 19.0 Å². The molecule has 0 heterocycles. The van der Waals surface area contributed by atoms with Gasteiger partial charge in [-0.3, -0.25) is 4.79 Å². The Kier molecular flexibility index (Phi) is 5.55. The number of amides is 1. The van der Waals surface area contributed by atoms with Crippen molar-refractivity contribution < 1.29 is 4.79 Å². The van der Waals surface area contributed by atoms with E-state index < -0.39 is 5.41 Å². The van der Waals surface area contributed by atoms with Crippen LogP contribution in [0.2, 0.25) is 0 Å². The van der Waals surface area contributed by atoms with Crippen molar-refractivity contribution in [2.75, 3.05) is 6.54 Å². The number of rotatable bonds is 6. The van der Waals surface area contributed by atoms with E-state index in [9.17, 15) is 4.79 Å². The molecule has 1 unspecified atom stereocenters. The lowest BCUT2D eigenvalue weighted by Crippen LogP contribution is -2.43. The number of benzene rings is 1. The Balaban J connectivity index is 2.60. The largest absolute Gasteiger partial charge is 0.352 e. The molecule has 0 aromatic heterocycles. The molecule has 1 atom stereocenters. The highest BCUT2D eigenvalue weighted by molar-refractivity contribution is 5.82. The molecule has 1 aromatic carbocycles. The van der Waals surface area contributed by atoms with Crippen molar-refractivity contribution in [3.8, 4) is 0 Å². The smallest absolute Gasteiger partial charge is 0.227 e. The van der Waals surface area contributed by atoms with Gasteiger partial charge in [-0.15, -0.1) is 0 Å². The second-order valence-electron chi connectivity index (χ2n) is 5.70. The molecule has 0 bridgehead atoms. The summed E-state index contributed by atoms with van der Waals surface area (Å²) >= 11 is 0. The van der Waals surface area contributed by atoms with Crippen LogP contribution in [-0.4, -0.2) is 12.5 Å². The second-order valence-corrected chi connectivity index (χ2v) is 5.70. The maximum Gasteiger partial charge on any atom is 0.227 e. The molecule has 0 fully saturated rings. The predicted octanol–water partition coefficient (Wildman–Crippen LogP) is 2.80. The minimum Gasteiger partial charge on any atom is -0.352 e. The van der Waals surface area contributed by atoms with Gasteiger partial charge < -0.3 is 11.1 Å². The normalized spacial score (nSPS) is 14.2. The molecule has 0 radical (unpaired) electrons. The molecule has 106 valence electrons. The van der Waals surface area contributed by atoms with Gasteiger partial charge in [-0.1, -0.05) is 45.0 Å². The van der Waals surface area contributed by atoms with Gasteiger partial charge in [0, 0.05) is 13.1 Å². The van der Waals surface area contributed by atoms with Gasteiger partial charge in [-0.2, -0.15) is 0 Å². The van der Waals surface area contributed by atoms with E-state index in [1.165, 1.54) is 5.56 Å². The minimum atomic E-state index is -0.460. The van der Waals surface area contributed by atoms with Crippen LogP contribution in [0.1, 0.15) is 51.2 Å². The number of nitrogens with one attached hydrogen (secondary N) is 1. The predicted molar refractivity (Wildman–Crippen MR) is 79.8 cm³/mol. The third-order valence-electron chi connectivity index (χ3n) is 3.88. The molecule has 3 N–H and O–H groups in total. The van der Waals surface area contributed by atoms with Crippen LogP contribution in [0.5, 0.6) is 0 Å². The maximum absolute atomic E-state index is 12.1. The van der Waals surface area contributed by atoms with Crippen LogP contribution in [-0.2, 0) is 11.3 Å². The van der Waals surface area contributed by atoms with Gasteiger partial charge in [0.25, 0.3) is 0 Å². The fraction of sp³-hybridized carbons (Fsp3) is 0.562. The Hall–Kier alpha value is -1.35. The highest BCUT2D eigenvalue weighted by Gasteiger charge is 2.29. The van der Waals surface area contributed by atoms with Gasteiger partial charge in [-0.25, -0.2) is 0 Å². The second kappa shape index (κ2) is 6.71. The van der Waals surface area contributed by atoms with Gasteiger partial charge in [-0.05, 0) is 30.4 Å². The Morgan fingerprint density at radius 2 is 1.89 bits per heavy atom. The number of hydrogen-bond donors (Lipinski definition) is 2. The van der Waals surface area contributed by atoms with E-state index in [-0.39, 0.29) is 5.91 Å². The molecule has 0 aliphatic rings. The highest BCUT2D eigenvalue weighted by atomic mass is 16.2. The summed E-state index contributed by atoms with van der Waals surface area (Å²) in [6, 6.07) is 8.38. The zero-order valence-corrected chi connectivity index (χ0v) is 12.5. The summed E-state index contributed by atoms with van der Waals surface area (Å²) in [4.78, 5) is 12.1. The lowest BCUT2D eigenvalue weighted by Gasteiger charge is -2.25. The Labute approximate surface area is 116 Å². The quantitative estimate of drug-likeness (QED) is 0.828. The van der Waals surface area contributed by atoms with Crippen LogP contribution >= 0.6 is 0 Å². The molecule has 1 amide bonds. The minimum absolute atomic E-state index is 0.0328. The van der Waals surface area contributed by atoms with Crippen molar-refractivity contribution in [1.29, 1.82) is 0 Å². The van der Waals surface area contributed by atoms with Crippen LogP contribution in [0.25, 0.3) is 0 Å². The number of hydrogen-bond acceptors (Lipinski definition) is 2. The van der Waals surface area contributed by atoms with Gasteiger partial charge >= 0.3 is 0 Å². The molecule has 3 nitrogen and oxygen atoms in total. The van der Waals surface area contributed by atoms with Gasteiger partial charge in [0.15, 0.2) is 0 Å². The van der Waals surface area contributed by atoms with Gasteiger partial charge in [0.05, 0.1) is 5.41 Å². The summed E-state index contributed by atoms with van der Waals surface area (Å²) in [7, 11) is 0. The molecule has 0 aliphatic heterocycles. The first-order chi connectivity index (χ1) is 8.92.